The van der Waals surface area contributed by atoms with Crippen LogP contribution in [0.4, 0.5) is 0 Å². The molecule has 3 heterocycles. The summed E-state index contributed by atoms with van der Waals surface area (Å²) < 4.78 is 4.02. The van der Waals surface area contributed by atoms with Crippen LogP contribution in [-0.2, 0) is 11.3 Å². The van der Waals surface area contributed by atoms with Gasteiger partial charge < -0.3 is 9.47 Å². The zero-order valence-corrected chi connectivity index (χ0v) is 14.7. The summed E-state index contributed by atoms with van der Waals surface area (Å²) in [5, 5.41) is 4.43. The Hall–Kier alpha value is -2.63. The van der Waals surface area contributed by atoms with Crippen LogP contribution in [0.2, 0.25) is 0 Å². The first-order valence-corrected chi connectivity index (χ1v) is 8.82. The highest BCUT2D eigenvalue weighted by Gasteiger charge is 2.25. The van der Waals surface area contributed by atoms with Crippen LogP contribution >= 0.6 is 0 Å². The summed E-state index contributed by atoms with van der Waals surface area (Å²) in [5.41, 5.74) is 3.12. The van der Waals surface area contributed by atoms with E-state index in [1.54, 1.807) is 0 Å². The highest BCUT2D eigenvalue weighted by molar-refractivity contribution is 5.81. The average Bonchev–Trinajstić information content (AvgIpc) is 3.19. The second-order valence-corrected chi connectivity index (χ2v) is 6.87. The predicted molar refractivity (Wildman–Crippen MR) is 96.3 cm³/mol. The van der Waals surface area contributed by atoms with Gasteiger partial charge in [-0.3, -0.25) is 9.48 Å². The van der Waals surface area contributed by atoms with E-state index >= 15 is 0 Å². The molecule has 0 aliphatic carbocycles. The van der Waals surface area contributed by atoms with Crippen LogP contribution in [0, 0.1) is 13.8 Å². The maximum Gasteiger partial charge on any atom is 0.242 e. The van der Waals surface area contributed by atoms with Crippen molar-refractivity contribution in [3.05, 3.63) is 48.0 Å². The molecule has 25 heavy (non-hydrogen) atoms. The van der Waals surface area contributed by atoms with E-state index in [4.69, 9.17) is 0 Å². The summed E-state index contributed by atoms with van der Waals surface area (Å²) in [6, 6.07) is 8.24. The molecule has 1 saturated heterocycles. The topological polar surface area (TPSA) is 56.0 Å². The van der Waals surface area contributed by atoms with Crippen LogP contribution in [0.3, 0.4) is 0 Å². The number of fused-ring (bicyclic) bond motifs is 1. The first kappa shape index (κ1) is 15.9. The van der Waals surface area contributed by atoms with Gasteiger partial charge in [0.05, 0.1) is 23.3 Å². The molecule has 0 spiro atoms. The molecule has 1 unspecified atom stereocenters. The molecule has 1 aromatic carbocycles. The Morgan fingerprint density at radius 1 is 1.28 bits per heavy atom. The Balaban J connectivity index is 1.51. The van der Waals surface area contributed by atoms with E-state index in [-0.39, 0.29) is 11.9 Å². The second kappa shape index (κ2) is 6.35. The molecule has 1 aliphatic rings. The van der Waals surface area contributed by atoms with Crippen molar-refractivity contribution < 1.29 is 4.79 Å². The zero-order chi connectivity index (χ0) is 17.4. The number of carbonyl (C=O) groups is 1. The average molecular weight is 337 g/mol. The fraction of sp³-hybridized carbons (Fsp3) is 0.421. The highest BCUT2D eigenvalue weighted by Crippen LogP contribution is 2.22. The van der Waals surface area contributed by atoms with Crippen LogP contribution in [0.25, 0.3) is 11.0 Å². The number of imidazole rings is 1. The van der Waals surface area contributed by atoms with Gasteiger partial charge >= 0.3 is 0 Å². The third-order valence-corrected chi connectivity index (χ3v) is 4.99. The van der Waals surface area contributed by atoms with Crippen molar-refractivity contribution in [2.45, 2.75) is 39.3 Å². The van der Waals surface area contributed by atoms with Crippen LogP contribution in [0.1, 0.15) is 30.3 Å². The molecule has 0 N–H and O–H groups in total. The number of rotatable bonds is 3. The van der Waals surface area contributed by atoms with Crippen LogP contribution < -0.4 is 0 Å². The Morgan fingerprint density at radius 2 is 2.12 bits per heavy atom. The molecule has 0 bridgehead atoms. The normalized spacial score (nSPS) is 18.0. The summed E-state index contributed by atoms with van der Waals surface area (Å²) in [4.78, 5) is 19.4. The Morgan fingerprint density at radius 3 is 2.92 bits per heavy atom. The number of aromatic nitrogens is 4. The Kier molecular flexibility index (Phi) is 4.03. The maximum atomic E-state index is 12.9. The number of piperidine rings is 1. The van der Waals surface area contributed by atoms with Crippen LogP contribution in [0.15, 0.2) is 36.7 Å². The molecule has 4 rings (SSSR count). The molecule has 1 atom stereocenters. The summed E-state index contributed by atoms with van der Waals surface area (Å²) in [6.07, 6.45) is 6.02. The summed E-state index contributed by atoms with van der Waals surface area (Å²) in [7, 11) is 0. The summed E-state index contributed by atoms with van der Waals surface area (Å²) in [5.74, 6) is 1.03. The van der Waals surface area contributed by atoms with E-state index in [0.717, 1.165) is 48.4 Å². The van der Waals surface area contributed by atoms with Gasteiger partial charge in [-0.25, -0.2) is 4.98 Å². The predicted octanol–water partition coefficient (Wildman–Crippen LogP) is 2.71. The van der Waals surface area contributed by atoms with Crippen molar-refractivity contribution in [3.8, 4) is 0 Å². The van der Waals surface area contributed by atoms with Gasteiger partial charge in [0.25, 0.3) is 0 Å². The third kappa shape index (κ3) is 3.04. The van der Waals surface area contributed by atoms with Gasteiger partial charge in [-0.1, -0.05) is 12.1 Å². The lowest BCUT2D eigenvalue weighted by Gasteiger charge is -2.33. The Bertz CT molecular complexity index is 910. The third-order valence-electron chi connectivity index (χ3n) is 4.99. The van der Waals surface area contributed by atoms with E-state index in [2.05, 4.69) is 16.3 Å². The SMILES string of the molecule is Cc1cnn(C2CCCN(C(=O)Cn3c(C)nc4ccccc43)C2)c1. The van der Waals surface area contributed by atoms with Gasteiger partial charge in [-0.05, 0) is 44.4 Å². The molecule has 6 nitrogen and oxygen atoms in total. The lowest BCUT2D eigenvalue weighted by Crippen LogP contribution is -2.42. The van der Waals surface area contributed by atoms with E-state index in [9.17, 15) is 4.79 Å². The highest BCUT2D eigenvalue weighted by atomic mass is 16.2. The van der Waals surface area contributed by atoms with E-state index in [1.165, 1.54) is 0 Å². The van der Waals surface area contributed by atoms with Gasteiger partial charge in [-0.2, -0.15) is 5.10 Å². The molecule has 1 amide bonds. The smallest absolute Gasteiger partial charge is 0.242 e. The van der Waals surface area contributed by atoms with Crippen molar-refractivity contribution in [2.24, 2.45) is 0 Å². The number of amides is 1. The van der Waals surface area contributed by atoms with Crippen molar-refractivity contribution in [1.82, 2.24) is 24.2 Å². The molecule has 1 fully saturated rings. The lowest BCUT2D eigenvalue weighted by atomic mass is 10.1. The monoisotopic (exact) mass is 337 g/mol. The standard InChI is InChI=1S/C19H23N5O/c1-14-10-20-24(11-14)16-6-5-9-22(12-16)19(25)13-23-15(2)21-17-7-3-4-8-18(17)23/h3-4,7-8,10-11,16H,5-6,9,12-13H2,1-2H3. The van der Waals surface area contributed by atoms with Crippen molar-refractivity contribution in [3.63, 3.8) is 0 Å². The number of likely N-dealkylation sites (tertiary alicyclic amines) is 1. The van der Waals surface area contributed by atoms with Crippen molar-refractivity contribution in [2.75, 3.05) is 13.1 Å². The fourth-order valence-corrected chi connectivity index (χ4v) is 3.66. The number of benzene rings is 1. The van der Waals surface area contributed by atoms with Crippen molar-refractivity contribution >= 4 is 16.9 Å². The van der Waals surface area contributed by atoms with E-state index in [1.807, 2.05) is 58.5 Å². The summed E-state index contributed by atoms with van der Waals surface area (Å²) >= 11 is 0. The lowest BCUT2D eigenvalue weighted by molar-refractivity contribution is -0.133. The van der Waals surface area contributed by atoms with Crippen LogP contribution in [-0.4, -0.2) is 43.2 Å². The minimum Gasteiger partial charge on any atom is -0.339 e. The number of para-hydroxylation sites is 2. The minimum absolute atomic E-state index is 0.153. The van der Waals surface area contributed by atoms with E-state index in [0.29, 0.717) is 6.54 Å². The number of nitrogens with zero attached hydrogens (tertiary/aromatic N) is 5. The first-order chi connectivity index (χ1) is 12.1. The van der Waals surface area contributed by atoms with E-state index < -0.39 is 0 Å². The van der Waals surface area contributed by atoms with Gasteiger partial charge in [0.2, 0.25) is 5.91 Å². The number of hydrogen-bond donors (Lipinski definition) is 0. The molecule has 6 heteroatoms. The molecule has 2 aromatic heterocycles. The van der Waals surface area contributed by atoms with Crippen molar-refractivity contribution in [1.29, 1.82) is 0 Å². The molecule has 1 aliphatic heterocycles. The summed E-state index contributed by atoms with van der Waals surface area (Å²) in [6.45, 7) is 5.89. The zero-order valence-electron chi connectivity index (χ0n) is 14.7. The molecule has 0 radical (unpaired) electrons. The molecule has 130 valence electrons. The number of hydrogen-bond acceptors (Lipinski definition) is 3. The fourth-order valence-electron chi connectivity index (χ4n) is 3.66. The van der Waals surface area contributed by atoms with Gasteiger partial charge in [0.1, 0.15) is 12.4 Å². The van der Waals surface area contributed by atoms with Crippen LogP contribution in [0.5, 0.6) is 0 Å². The minimum atomic E-state index is 0.153. The molecular weight excluding hydrogens is 314 g/mol. The Labute approximate surface area is 147 Å². The quantitative estimate of drug-likeness (QED) is 0.738. The number of carbonyl (C=O) groups excluding carboxylic acids is 1. The van der Waals surface area contributed by atoms with Gasteiger partial charge in [-0.15, -0.1) is 0 Å². The largest absolute Gasteiger partial charge is 0.339 e. The maximum absolute atomic E-state index is 12.9. The molecule has 3 aromatic rings. The van der Waals surface area contributed by atoms with Gasteiger partial charge in [0.15, 0.2) is 0 Å². The first-order valence-electron chi connectivity index (χ1n) is 8.82. The van der Waals surface area contributed by atoms with Gasteiger partial charge in [0, 0.05) is 19.3 Å². The second-order valence-electron chi connectivity index (χ2n) is 6.87. The molecule has 0 saturated carbocycles. The molecular formula is C19H23N5O. The number of aryl methyl sites for hydroxylation is 2.